The van der Waals surface area contributed by atoms with Crippen molar-refractivity contribution in [3.8, 4) is 5.88 Å². The minimum absolute atomic E-state index is 0.0279. The van der Waals surface area contributed by atoms with E-state index >= 15 is 0 Å². The van der Waals surface area contributed by atoms with E-state index in [0.717, 1.165) is 17.5 Å². The zero-order valence-corrected chi connectivity index (χ0v) is 15.4. The molecule has 0 aliphatic carbocycles. The third kappa shape index (κ3) is 5.48. The molecule has 0 aliphatic heterocycles. The smallest absolute Gasteiger partial charge is 0.315 e. The molecule has 0 radical (unpaired) electrons. The SMILES string of the molecule is CCc1ccc(C(NC(=O)NCc2ccc(OC)nc2)C(C)C)cc1. The lowest BCUT2D eigenvalue weighted by atomic mass is 9.95. The Kier molecular flexibility index (Phi) is 6.81. The summed E-state index contributed by atoms with van der Waals surface area (Å²) in [5.74, 6) is 0.851. The molecule has 0 saturated heterocycles. The van der Waals surface area contributed by atoms with E-state index in [0.29, 0.717) is 18.3 Å². The second-order valence-corrected chi connectivity index (χ2v) is 6.35. The Morgan fingerprint density at radius 3 is 2.32 bits per heavy atom. The predicted molar refractivity (Wildman–Crippen MR) is 99.6 cm³/mol. The number of methoxy groups -OCH3 is 1. The molecule has 0 spiro atoms. The molecule has 0 bridgehead atoms. The number of urea groups is 1. The van der Waals surface area contributed by atoms with Gasteiger partial charge in [-0.25, -0.2) is 9.78 Å². The molecule has 5 heteroatoms. The number of nitrogens with one attached hydrogen (secondary N) is 2. The van der Waals surface area contributed by atoms with Crippen molar-refractivity contribution < 1.29 is 9.53 Å². The van der Waals surface area contributed by atoms with Gasteiger partial charge in [0.2, 0.25) is 5.88 Å². The maximum atomic E-state index is 12.3. The summed E-state index contributed by atoms with van der Waals surface area (Å²) >= 11 is 0. The number of carbonyl (C=O) groups excluding carboxylic acids is 1. The highest BCUT2D eigenvalue weighted by Gasteiger charge is 2.18. The van der Waals surface area contributed by atoms with Gasteiger partial charge >= 0.3 is 6.03 Å². The summed E-state index contributed by atoms with van der Waals surface area (Å²) in [6, 6.07) is 11.9. The highest BCUT2D eigenvalue weighted by atomic mass is 16.5. The number of hydrogen-bond donors (Lipinski definition) is 2. The third-order valence-electron chi connectivity index (χ3n) is 4.16. The Morgan fingerprint density at radius 1 is 1.12 bits per heavy atom. The molecule has 5 nitrogen and oxygen atoms in total. The average Bonchev–Trinajstić information content (AvgIpc) is 2.64. The van der Waals surface area contributed by atoms with Crippen molar-refractivity contribution in [2.24, 2.45) is 5.92 Å². The molecule has 1 aromatic carbocycles. The van der Waals surface area contributed by atoms with Crippen molar-refractivity contribution in [1.29, 1.82) is 0 Å². The van der Waals surface area contributed by atoms with Gasteiger partial charge in [0.25, 0.3) is 0 Å². The second-order valence-electron chi connectivity index (χ2n) is 6.35. The summed E-state index contributed by atoms with van der Waals surface area (Å²) in [5, 5.41) is 5.95. The zero-order valence-electron chi connectivity index (χ0n) is 15.4. The second kappa shape index (κ2) is 9.06. The molecule has 2 amide bonds. The van der Waals surface area contributed by atoms with Crippen LogP contribution < -0.4 is 15.4 Å². The first-order valence-electron chi connectivity index (χ1n) is 8.65. The maximum absolute atomic E-state index is 12.3. The molecule has 0 fully saturated rings. The molecule has 134 valence electrons. The summed E-state index contributed by atoms with van der Waals surface area (Å²) in [6.45, 7) is 6.76. The summed E-state index contributed by atoms with van der Waals surface area (Å²) < 4.78 is 5.03. The van der Waals surface area contributed by atoms with Crippen LogP contribution in [0.4, 0.5) is 4.79 Å². The van der Waals surface area contributed by atoms with Crippen LogP contribution in [0.3, 0.4) is 0 Å². The number of benzene rings is 1. The fourth-order valence-electron chi connectivity index (χ4n) is 2.61. The van der Waals surface area contributed by atoms with Crippen LogP contribution in [0, 0.1) is 5.92 Å². The van der Waals surface area contributed by atoms with Crippen molar-refractivity contribution in [3.63, 3.8) is 0 Å². The molecule has 0 aliphatic rings. The summed E-state index contributed by atoms with van der Waals surface area (Å²) in [5.41, 5.74) is 3.33. The first kappa shape index (κ1) is 18.8. The predicted octanol–water partition coefficient (Wildman–Crippen LogP) is 3.85. The van der Waals surface area contributed by atoms with Crippen molar-refractivity contribution in [1.82, 2.24) is 15.6 Å². The van der Waals surface area contributed by atoms with E-state index in [2.05, 4.69) is 60.7 Å². The van der Waals surface area contributed by atoms with E-state index < -0.39 is 0 Å². The van der Waals surface area contributed by atoms with Gasteiger partial charge in [0.05, 0.1) is 13.2 Å². The first-order chi connectivity index (χ1) is 12.0. The normalized spacial score (nSPS) is 11.9. The minimum Gasteiger partial charge on any atom is -0.481 e. The largest absolute Gasteiger partial charge is 0.481 e. The van der Waals surface area contributed by atoms with Gasteiger partial charge in [-0.1, -0.05) is 51.1 Å². The summed E-state index contributed by atoms with van der Waals surface area (Å²) in [6.07, 6.45) is 2.71. The molecular formula is C20H27N3O2. The van der Waals surface area contributed by atoms with Crippen LogP contribution in [-0.4, -0.2) is 18.1 Å². The summed E-state index contributed by atoms with van der Waals surface area (Å²) in [7, 11) is 1.58. The number of ether oxygens (including phenoxy) is 1. The van der Waals surface area contributed by atoms with Crippen LogP contribution in [-0.2, 0) is 13.0 Å². The molecule has 25 heavy (non-hydrogen) atoms. The van der Waals surface area contributed by atoms with E-state index in [9.17, 15) is 4.79 Å². The molecule has 0 saturated carbocycles. The molecule has 2 aromatic rings. The number of aryl methyl sites for hydroxylation is 1. The van der Waals surface area contributed by atoms with E-state index in [-0.39, 0.29) is 12.1 Å². The number of carbonyl (C=O) groups is 1. The minimum atomic E-state index is -0.186. The number of pyridine rings is 1. The van der Waals surface area contributed by atoms with Gasteiger partial charge in [-0.05, 0) is 29.0 Å². The molecule has 1 aromatic heterocycles. The average molecular weight is 341 g/mol. The van der Waals surface area contributed by atoms with Gasteiger partial charge in [0, 0.05) is 18.8 Å². The van der Waals surface area contributed by atoms with Crippen LogP contribution in [0.5, 0.6) is 5.88 Å². The van der Waals surface area contributed by atoms with Crippen molar-refractivity contribution in [2.75, 3.05) is 7.11 Å². The molecule has 2 N–H and O–H groups in total. The van der Waals surface area contributed by atoms with E-state index in [1.54, 1.807) is 19.4 Å². The lowest BCUT2D eigenvalue weighted by molar-refractivity contribution is 0.232. The standard InChI is InChI=1S/C20H27N3O2/c1-5-15-6-9-17(10-7-15)19(14(2)3)23-20(24)22-13-16-8-11-18(25-4)21-12-16/h6-12,14,19H,5,13H2,1-4H3,(H2,22,23,24). The van der Waals surface area contributed by atoms with Gasteiger partial charge in [0.1, 0.15) is 0 Å². The van der Waals surface area contributed by atoms with Gasteiger partial charge in [0.15, 0.2) is 0 Å². The summed E-state index contributed by atoms with van der Waals surface area (Å²) in [4.78, 5) is 16.4. The Bertz CT molecular complexity index is 666. The fraction of sp³-hybridized carbons (Fsp3) is 0.400. The van der Waals surface area contributed by atoms with Gasteiger partial charge in [-0.2, -0.15) is 0 Å². The van der Waals surface area contributed by atoms with Crippen LogP contribution in [0.2, 0.25) is 0 Å². The molecular weight excluding hydrogens is 314 g/mol. The Balaban J connectivity index is 1.94. The van der Waals surface area contributed by atoms with E-state index in [1.807, 2.05) is 6.07 Å². The lowest BCUT2D eigenvalue weighted by Gasteiger charge is -2.23. The first-order valence-corrected chi connectivity index (χ1v) is 8.65. The van der Waals surface area contributed by atoms with Crippen LogP contribution in [0.25, 0.3) is 0 Å². The van der Waals surface area contributed by atoms with Crippen LogP contribution in [0.1, 0.15) is 43.5 Å². The number of rotatable bonds is 7. The number of nitrogens with zero attached hydrogens (tertiary/aromatic N) is 1. The van der Waals surface area contributed by atoms with Crippen molar-refractivity contribution in [2.45, 2.75) is 39.8 Å². The van der Waals surface area contributed by atoms with Gasteiger partial charge in [-0.15, -0.1) is 0 Å². The van der Waals surface area contributed by atoms with E-state index in [4.69, 9.17) is 4.74 Å². The monoisotopic (exact) mass is 341 g/mol. The Labute approximate surface area is 149 Å². The number of amides is 2. The number of aromatic nitrogens is 1. The number of hydrogen-bond acceptors (Lipinski definition) is 3. The molecule has 1 unspecified atom stereocenters. The topological polar surface area (TPSA) is 63.2 Å². The van der Waals surface area contributed by atoms with Gasteiger partial charge < -0.3 is 15.4 Å². The maximum Gasteiger partial charge on any atom is 0.315 e. The third-order valence-corrected chi connectivity index (χ3v) is 4.16. The van der Waals surface area contributed by atoms with E-state index in [1.165, 1.54) is 5.56 Å². The Hall–Kier alpha value is -2.56. The Morgan fingerprint density at radius 2 is 1.80 bits per heavy atom. The van der Waals surface area contributed by atoms with Crippen LogP contribution in [0.15, 0.2) is 42.6 Å². The van der Waals surface area contributed by atoms with Crippen molar-refractivity contribution in [3.05, 3.63) is 59.3 Å². The highest BCUT2D eigenvalue weighted by Crippen LogP contribution is 2.22. The quantitative estimate of drug-likeness (QED) is 0.804. The lowest BCUT2D eigenvalue weighted by Crippen LogP contribution is -2.39. The van der Waals surface area contributed by atoms with Gasteiger partial charge in [-0.3, -0.25) is 0 Å². The van der Waals surface area contributed by atoms with Crippen LogP contribution >= 0.6 is 0 Å². The fourth-order valence-corrected chi connectivity index (χ4v) is 2.61. The van der Waals surface area contributed by atoms with Crippen molar-refractivity contribution >= 4 is 6.03 Å². The zero-order chi connectivity index (χ0) is 18.2. The molecule has 2 rings (SSSR count). The highest BCUT2D eigenvalue weighted by molar-refractivity contribution is 5.74. The molecule has 1 heterocycles. The molecule has 1 atom stereocenters.